The molecule has 3 N–H and O–H groups in total. The number of hydrogen-bond donors (Lipinski definition) is 3. The zero-order valence-electron chi connectivity index (χ0n) is 25.7. The van der Waals surface area contributed by atoms with E-state index in [9.17, 15) is 0 Å². The highest BCUT2D eigenvalue weighted by Gasteiger charge is 2.37. The molecule has 43 heavy (non-hydrogen) atoms. The van der Waals surface area contributed by atoms with Gasteiger partial charge in [-0.1, -0.05) is 82.3 Å². The molecule has 0 radical (unpaired) electrons. The van der Waals surface area contributed by atoms with Crippen LogP contribution in [0.5, 0.6) is 0 Å². The molecule has 0 saturated carbocycles. The topological polar surface area (TPSA) is 67.4 Å². The van der Waals surface area contributed by atoms with Gasteiger partial charge in [0.15, 0.2) is 12.5 Å². The molecule has 3 heterocycles. The van der Waals surface area contributed by atoms with Gasteiger partial charge in [-0.3, -0.25) is 10.3 Å². The number of methoxy groups -OCH3 is 1. The van der Waals surface area contributed by atoms with E-state index in [0.717, 1.165) is 16.8 Å². The smallest absolute Gasteiger partial charge is 0.192 e. The molecule has 0 saturated heterocycles. The standard InChI is InChI=1S/C35H34N4O2.C2H6/c1-35(2)28-17-21(22-10-13-30(38-19-22)33(36-3)40-4)9-12-26(28)32-25-8-6-5-7-24(25)27(18-29(32)35)23-11-14-31(39-20-23)34-37-15-16-41-34;1-2/h5-20,31,33-34,36-37,39H,1-4H3;1-2H3. The Morgan fingerprint density at radius 3 is 2.37 bits per heavy atom. The zero-order chi connectivity index (χ0) is 30.1. The van der Waals surface area contributed by atoms with Gasteiger partial charge in [-0.2, -0.15) is 0 Å². The summed E-state index contributed by atoms with van der Waals surface area (Å²) in [5.74, 6) is 0. The fraction of sp³-hybridized carbons (Fsp3) is 0.270. The Labute approximate surface area is 254 Å². The van der Waals surface area contributed by atoms with Crippen LogP contribution >= 0.6 is 0 Å². The van der Waals surface area contributed by atoms with E-state index in [2.05, 4.69) is 108 Å². The third kappa shape index (κ3) is 4.90. The molecule has 4 aromatic rings. The van der Waals surface area contributed by atoms with E-state index in [0.29, 0.717) is 0 Å². The van der Waals surface area contributed by atoms with Crippen LogP contribution in [0.15, 0.2) is 97.7 Å². The first kappa shape index (κ1) is 28.7. The van der Waals surface area contributed by atoms with Crippen molar-refractivity contribution in [2.24, 2.45) is 0 Å². The van der Waals surface area contributed by atoms with Crippen LogP contribution in [0, 0.1) is 0 Å². The number of ether oxygens (including phenoxy) is 2. The summed E-state index contributed by atoms with van der Waals surface area (Å²) in [5.41, 5.74) is 10.7. The number of fused-ring (bicyclic) bond motifs is 5. The highest BCUT2D eigenvalue weighted by molar-refractivity contribution is 6.08. The highest BCUT2D eigenvalue weighted by atomic mass is 16.5. The maximum absolute atomic E-state index is 5.65. The number of pyridine rings is 1. The van der Waals surface area contributed by atoms with E-state index in [1.165, 1.54) is 44.2 Å². The van der Waals surface area contributed by atoms with Crippen molar-refractivity contribution in [3.8, 4) is 22.3 Å². The third-order valence-electron chi connectivity index (χ3n) is 8.67. The van der Waals surface area contributed by atoms with Gasteiger partial charge in [0.05, 0.1) is 5.69 Å². The Kier molecular flexibility index (Phi) is 7.82. The Balaban J connectivity index is 0.00000161. The normalized spacial score (nSPS) is 19.7. The monoisotopic (exact) mass is 572 g/mol. The molecular weight excluding hydrogens is 532 g/mol. The van der Waals surface area contributed by atoms with Crippen LogP contribution in [0.25, 0.3) is 38.6 Å². The van der Waals surface area contributed by atoms with Crippen molar-refractivity contribution in [2.75, 3.05) is 14.2 Å². The Bertz CT molecular complexity index is 1720. The van der Waals surface area contributed by atoms with E-state index in [1.807, 2.05) is 39.4 Å². The minimum absolute atomic E-state index is 0.0655. The van der Waals surface area contributed by atoms with Crippen LogP contribution in [-0.4, -0.2) is 31.4 Å². The summed E-state index contributed by atoms with van der Waals surface area (Å²) >= 11 is 0. The molecule has 220 valence electrons. The number of rotatable bonds is 6. The van der Waals surface area contributed by atoms with E-state index in [4.69, 9.17) is 9.47 Å². The summed E-state index contributed by atoms with van der Waals surface area (Å²) < 4.78 is 11.1. The van der Waals surface area contributed by atoms with Crippen molar-refractivity contribution in [3.05, 3.63) is 120 Å². The molecule has 1 aromatic heterocycles. The van der Waals surface area contributed by atoms with Gasteiger partial charge in [-0.25, -0.2) is 0 Å². The van der Waals surface area contributed by atoms with Gasteiger partial charge >= 0.3 is 0 Å². The Hall–Kier alpha value is -4.39. The van der Waals surface area contributed by atoms with Crippen LogP contribution in [0.2, 0.25) is 0 Å². The molecule has 3 atom stereocenters. The summed E-state index contributed by atoms with van der Waals surface area (Å²) in [6.45, 7) is 8.68. The van der Waals surface area contributed by atoms with Crippen LogP contribution in [0.4, 0.5) is 0 Å². The van der Waals surface area contributed by atoms with Gasteiger partial charge in [-0.15, -0.1) is 0 Å². The maximum Gasteiger partial charge on any atom is 0.192 e. The minimum atomic E-state index is -0.222. The molecule has 6 nitrogen and oxygen atoms in total. The van der Waals surface area contributed by atoms with Crippen molar-refractivity contribution in [1.82, 2.24) is 20.9 Å². The summed E-state index contributed by atoms with van der Waals surface area (Å²) in [7, 11) is 3.55. The lowest BCUT2D eigenvalue weighted by Crippen LogP contribution is -2.42. The van der Waals surface area contributed by atoms with E-state index in [-0.39, 0.29) is 23.9 Å². The van der Waals surface area contributed by atoms with Crippen LogP contribution in [-0.2, 0) is 14.9 Å². The van der Waals surface area contributed by atoms with Gasteiger partial charge in [0, 0.05) is 36.7 Å². The van der Waals surface area contributed by atoms with Crippen molar-refractivity contribution in [1.29, 1.82) is 0 Å². The Morgan fingerprint density at radius 1 is 0.930 bits per heavy atom. The number of hydrogen-bond acceptors (Lipinski definition) is 6. The molecule has 0 fully saturated rings. The molecule has 0 amide bonds. The maximum atomic E-state index is 5.65. The van der Waals surface area contributed by atoms with Crippen LogP contribution in [0.1, 0.15) is 56.3 Å². The molecule has 2 aliphatic heterocycles. The number of nitrogens with one attached hydrogen (secondary N) is 3. The van der Waals surface area contributed by atoms with Crippen LogP contribution < -0.4 is 16.0 Å². The van der Waals surface area contributed by atoms with Gasteiger partial charge in [0.25, 0.3) is 0 Å². The summed E-state index contributed by atoms with van der Waals surface area (Å²) in [5, 5.41) is 12.4. The largest absolute Gasteiger partial charge is 0.474 e. The molecule has 3 aliphatic rings. The van der Waals surface area contributed by atoms with E-state index in [1.54, 1.807) is 13.4 Å². The lowest BCUT2D eigenvalue weighted by Gasteiger charge is -2.26. The number of aromatic nitrogens is 1. The predicted molar refractivity (Wildman–Crippen MR) is 176 cm³/mol. The van der Waals surface area contributed by atoms with Crippen molar-refractivity contribution < 1.29 is 9.47 Å². The molecule has 6 heteroatoms. The van der Waals surface area contributed by atoms with Crippen molar-refractivity contribution in [2.45, 2.75) is 51.6 Å². The average molecular weight is 573 g/mol. The average Bonchev–Trinajstić information content (AvgIpc) is 3.68. The molecular formula is C37H40N4O2. The first-order valence-electron chi connectivity index (χ1n) is 15.1. The lowest BCUT2D eigenvalue weighted by atomic mass is 9.80. The fourth-order valence-corrected chi connectivity index (χ4v) is 6.46. The fourth-order valence-electron chi connectivity index (χ4n) is 6.46. The third-order valence-corrected chi connectivity index (χ3v) is 8.67. The predicted octanol–water partition coefficient (Wildman–Crippen LogP) is 7.38. The van der Waals surface area contributed by atoms with E-state index >= 15 is 0 Å². The second kappa shape index (κ2) is 11.7. The molecule has 3 unspecified atom stereocenters. The minimum Gasteiger partial charge on any atom is -0.474 e. The summed E-state index contributed by atoms with van der Waals surface area (Å²) in [4.78, 5) is 4.68. The SMILES string of the molecule is CC.CNC(OC)c1ccc(-c2ccc3c(c2)C(C)(C)c2cc(C4=CNC(C5NC=CO5)C=C4)c4ccccc4c2-3)cn1. The highest BCUT2D eigenvalue weighted by Crippen LogP contribution is 2.53. The first-order chi connectivity index (χ1) is 21.0. The Morgan fingerprint density at radius 2 is 1.72 bits per heavy atom. The zero-order valence-corrected chi connectivity index (χ0v) is 25.7. The molecule has 7 rings (SSSR count). The number of nitrogens with zero attached hydrogens (tertiary/aromatic N) is 1. The van der Waals surface area contributed by atoms with Gasteiger partial charge < -0.3 is 20.1 Å². The summed E-state index contributed by atoms with van der Waals surface area (Å²) in [6.07, 6.45) is 11.7. The summed E-state index contributed by atoms with van der Waals surface area (Å²) in [6, 6.07) is 22.3. The quantitative estimate of drug-likeness (QED) is 0.210. The second-order valence-corrected chi connectivity index (χ2v) is 11.3. The van der Waals surface area contributed by atoms with E-state index < -0.39 is 0 Å². The molecule has 3 aromatic carbocycles. The van der Waals surface area contributed by atoms with Crippen molar-refractivity contribution in [3.63, 3.8) is 0 Å². The van der Waals surface area contributed by atoms with Gasteiger partial charge in [0.2, 0.25) is 0 Å². The first-order valence-corrected chi connectivity index (χ1v) is 15.1. The second-order valence-electron chi connectivity index (χ2n) is 11.3. The molecule has 1 aliphatic carbocycles. The van der Waals surface area contributed by atoms with Crippen LogP contribution in [0.3, 0.4) is 0 Å². The molecule has 0 spiro atoms. The number of allylic oxidation sites excluding steroid dienone is 2. The number of benzene rings is 3. The van der Waals surface area contributed by atoms with Gasteiger partial charge in [0.1, 0.15) is 12.3 Å². The molecule has 0 bridgehead atoms. The lowest BCUT2D eigenvalue weighted by molar-refractivity contribution is 0.0774. The number of dihydropyridines is 1. The van der Waals surface area contributed by atoms with Crippen molar-refractivity contribution >= 4 is 16.3 Å². The van der Waals surface area contributed by atoms with Gasteiger partial charge in [-0.05, 0) is 75.0 Å².